The van der Waals surface area contributed by atoms with Crippen molar-refractivity contribution in [2.24, 2.45) is 35.5 Å². The molecular weight excluding hydrogens is 626 g/mol. The molecule has 0 amide bonds. The van der Waals surface area contributed by atoms with Gasteiger partial charge in [0.2, 0.25) is 0 Å². The third-order valence-corrected chi connectivity index (χ3v) is 11.7. The van der Waals surface area contributed by atoms with E-state index in [0.717, 1.165) is 69.0 Å². The van der Waals surface area contributed by atoms with E-state index in [1.807, 2.05) is 18.3 Å². The van der Waals surface area contributed by atoms with E-state index in [0.29, 0.717) is 49.8 Å². The number of aryl methyl sites for hydroxylation is 1. The minimum atomic E-state index is -1.02. The van der Waals surface area contributed by atoms with Crippen LogP contribution in [0.15, 0.2) is 42.7 Å². The van der Waals surface area contributed by atoms with Crippen LogP contribution in [0.5, 0.6) is 0 Å². The van der Waals surface area contributed by atoms with E-state index in [9.17, 15) is 25.2 Å². The first kappa shape index (κ1) is 40.1. The molecule has 0 aliphatic heterocycles. The van der Waals surface area contributed by atoms with E-state index in [4.69, 9.17) is 10.7 Å². The van der Waals surface area contributed by atoms with Crippen molar-refractivity contribution in [3.05, 3.63) is 59.6 Å². The molecule has 0 unspecified atom stereocenters. The zero-order chi connectivity index (χ0) is 36.1. The number of aliphatic hydroxyl groups is 3. The predicted octanol–water partition coefficient (Wildman–Crippen LogP) is 7.68. The van der Waals surface area contributed by atoms with Gasteiger partial charge >= 0.3 is 5.97 Å². The highest BCUT2D eigenvalue weighted by molar-refractivity contribution is 5.70. The van der Waals surface area contributed by atoms with E-state index in [2.05, 4.69) is 44.0 Å². The molecule has 8 heteroatoms. The highest BCUT2D eigenvalue weighted by atomic mass is 16.4. The molecule has 8 atom stereocenters. The van der Waals surface area contributed by atoms with Crippen LogP contribution in [-0.4, -0.2) is 49.2 Å². The number of carboxylic acids is 1. The largest absolute Gasteiger partial charge is 0.667 e. The van der Waals surface area contributed by atoms with Gasteiger partial charge < -0.3 is 31.1 Å². The Morgan fingerprint density at radius 2 is 1.82 bits per heavy atom. The lowest BCUT2D eigenvalue weighted by Crippen LogP contribution is -2.37. The van der Waals surface area contributed by atoms with Gasteiger partial charge in [0.25, 0.3) is 0 Å². The van der Waals surface area contributed by atoms with Crippen molar-refractivity contribution in [2.75, 3.05) is 5.73 Å². The average molecular weight is 693 g/mol. The maximum absolute atomic E-state index is 12.3. The van der Waals surface area contributed by atoms with Crippen molar-refractivity contribution in [1.29, 1.82) is 0 Å². The van der Waals surface area contributed by atoms with Crippen LogP contribution in [0, 0.1) is 35.5 Å². The molecule has 1 saturated carbocycles. The fraction of sp³-hybridized carbons (Fsp3) is 0.714. The van der Waals surface area contributed by atoms with Crippen molar-refractivity contribution in [2.45, 2.75) is 154 Å². The first-order valence-electron chi connectivity index (χ1n) is 19.8. The number of pyridine rings is 1. The quantitative estimate of drug-likeness (QED) is 0.0623. The highest BCUT2D eigenvalue weighted by Crippen LogP contribution is 2.46. The van der Waals surface area contributed by atoms with Gasteiger partial charge in [0.15, 0.2) is 0 Å². The summed E-state index contributed by atoms with van der Waals surface area (Å²) in [7, 11) is 0. The van der Waals surface area contributed by atoms with Crippen LogP contribution in [0.2, 0.25) is 0 Å². The zero-order valence-electron chi connectivity index (χ0n) is 31.1. The van der Waals surface area contributed by atoms with E-state index in [1.54, 1.807) is 6.20 Å². The number of carboxylic acid groups (broad SMARTS) is 1. The lowest BCUT2D eigenvalue weighted by atomic mass is 9.80. The summed E-state index contributed by atoms with van der Waals surface area (Å²) in [5, 5.41) is 44.1. The lowest BCUT2D eigenvalue weighted by molar-refractivity contribution is -0.146. The summed E-state index contributed by atoms with van der Waals surface area (Å²) < 4.78 is 0. The Kier molecular flexibility index (Phi) is 15.9. The molecule has 2 aliphatic rings. The number of aliphatic hydroxyl groups excluding tert-OH is 2. The summed E-state index contributed by atoms with van der Waals surface area (Å²) in [6, 6.07) is 6.04. The Morgan fingerprint density at radius 3 is 2.54 bits per heavy atom. The number of carbonyl (C=O) groups is 1. The zero-order valence-corrected chi connectivity index (χ0v) is 31.1. The number of hydrogen-bond donors (Lipinski definition) is 5. The monoisotopic (exact) mass is 693 g/mol. The molecule has 4 rings (SSSR count). The number of anilines is 1. The third kappa shape index (κ3) is 12.5. The van der Waals surface area contributed by atoms with E-state index >= 15 is 0 Å². The molecule has 2 aromatic heterocycles. The molecule has 2 aliphatic carbocycles. The lowest BCUT2D eigenvalue weighted by Gasteiger charge is -2.33. The maximum atomic E-state index is 12.3. The number of nitrogen functional groups attached to an aromatic ring is 1. The van der Waals surface area contributed by atoms with E-state index < -0.39 is 23.6 Å². The summed E-state index contributed by atoms with van der Waals surface area (Å²) >= 11 is 0. The van der Waals surface area contributed by atoms with Crippen molar-refractivity contribution in [3.8, 4) is 0 Å². The average Bonchev–Trinajstić information content (AvgIpc) is 3.64. The van der Waals surface area contributed by atoms with E-state index in [-0.39, 0.29) is 30.3 Å². The normalized spacial score (nSPS) is 26.4. The van der Waals surface area contributed by atoms with Crippen LogP contribution in [0.3, 0.4) is 0 Å². The molecule has 0 aromatic carbocycles. The summed E-state index contributed by atoms with van der Waals surface area (Å²) in [4.78, 5) is 21.1. The summed E-state index contributed by atoms with van der Waals surface area (Å²) in [6.07, 6.45) is 21.9. The van der Waals surface area contributed by atoms with Crippen LogP contribution in [0.25, 0.3) is 0 Å². The van der Waals surface area contributed by atoms with Gasteiger partial charge in [0.05, 0.1) is 23.7 Å². The molecule has 0 bridgehead atoms. The van der Waals surface area contributed by atoms with Crippen molar-refractivity contribution in [3.63, 3.8) is 0 Å². The Labute approximate surface area is 301 Å². The van der Waals surface area contributed by atoms with Crippen LogP contribution < -0.4 is 10.7 Å². The highest BCUT2D eigenvalue weighted by Gasteiger charge is 2.45. The maximum Gasteiger partial charge on any atom is 0.309 e. The summed E-state index contributed by atoms with van der Waals surface area (Å²) in [6.45, 7) is 6.66. The molecule has 280 valence electrons. The van der Waals surface area contributed by atoms with Gasteiger partial charge in [-0.1, -0.05) is 83.1 Å². The molecule has 6 N–H and O–H groups in total. The molecule has 2 aromatic rings. The van der Waals surface area contributed by atoms with Gasteiger partial charge in [0.1, 0.15) is 5.82 Å². The second-order valence-electron chi connectivity index (χ2n) is 16.3. The summed E-state index contributed by atoms with van der Waals surface area (Å²) in [5.74, 6) is 0.124. The van der Waals surface area contributed by atoms with Crippen molar-refractivity contribution < 1.29 is 25.2 Å². The Balaban J connectivity index is 1.29. The van der Waals surface area contributed by atoms with Gasteiger partial charge in [-0.05, 0) is 118 Å². The smallest absolute Gasteiger partial charge is 0.309 e. The molecule has 50 heavy (non-hydrogen) atoms. The minimum Gasteiger partial charge on any atom is -0.667 e. The number of hydrogen-bond acceptors (Lipinski definition) is 6. The van der Waals surface area contributed by atoms with Gasteiger partial charge in [0, 0.05) is 12.1 Å². The van der Waals surface area contributed by atoms with E-state index in [1.165, 1.54) is 24.8 Å². The molecule has 8 nitrogen and oxygen atoms in total. The molecule has 2 heterocycles. The number of unbranched alkanes of at least 4 members (excludes halogenated alkanes) is 4. The Morgan fingerprint density at radius 1 is 1.02 bits per heavy atom. The molecule has 0 saturated heterocycles. The number of aliphatic carboxylic acids is 1. The van der Waals surface area contributed by atoms with Gasteiger partial charge in [-0.25, -0.2) is 4.98 Å². The molecule has 1 fully saturated rings. The number of aromatic nitrogens is 2. The fourth-order valence-electron chi connectivity index (χ4n) is 8.62. The van der Waals surface area contributed by atoms with Crippen LogP contribution in [0.4, 0.5) is 5.82 Å². The Hall–Kier alpha value is -2.68. The standard InChI is InChI=1S/C42H66N3O5/c1-4-5-7-10-30-15-16-34(39(47)24-30)11-8-6-9-12-37(41(48)49)38(46)17-19-42(50)27-33(21-31-18-20-44-40(43)25-31)22-35(42)26-36-23-32(28-45-36)14-13-29(2)3/h15-16,18,20,23,25,28-30,33-35,37-39,46-47,50H,4-14,17,19,21-22,24,26-27H2,1-3H3,(H2,43,44)(H,48,49)/q-1/t30-,33-,34-,35+,37+,38-,39-,42+/m1/s1. The number of nitrogens with two attached hydrogens (primary N) is 1. The minimum absolute atomic E-state index is 0.0363. The first-order chi connectivity index (χ1) is 24.0. The fourth-order valence-corrected chi connectivity index (χ4v) is 8.62. The van der Waals surface area contributed by atoms with Gasteiger partial charge in [-0.2, -0.15) is 11.9 Å². The van der Waals surface area contributed by atoms with Gasteiger partial charge in [-0.15, -0.1) is 0 Å². The van der Waals surface area contributed by atoms with Crippen LogP contribution >= 0.6 is 0 Å². The number of rotatable bonds is 22. The molecular formula is C42H66N3O5-. The third-order valence-electron chi connectivity index (χ3n) is 11.7. The second kappa shape index (κ2) is 19.8. The molecule has 0 spiro atoms. The summed E-state index contributed by atoms with van der Waals surface area (Å²) in [5.41, 5.74) is 8.25. The van der Waals surface area contributed by atoms with Crippen molar-refractivity contribution in [1.82, 2.24) is 9.97 Å². The predicted molar refractivity (Wildman–Crippen MR) is 200 cm³/mol. The first-order valence-corrected chi connectivity index (χ1v) is 19.8. The SMILES string of the molecule is CCCCC[C@@H]1C=C[C@@H](CCCCC[C@H](C(=O)O)[C@H](O)CC[C@]2(O)C[C@H](Cc3ccnc(N)c3)C[C@H]2Cc2cc(CCC(C)C)c[n-]2)[C@H](O)C1. The van der Waals surface area contributed by atoms with Gasteiger partial charge in [-0.3, -0.25) is 4.79 Å². The Bertz CT molecular complexity index is 1330. The second-order valence-corrected chi connectivity index (χ2v) is 16.3. The molecule has 0 radical (unpaired) electrons. The number of nitrogens with zero attached hydrogens (tertiary/aromatic N) is 2. The number of allylic oxidation sites excluding steroid dienone is 1. The van der Waals surface area contributed by atoms with Crippen LogP contribution in [-0.2, 0) is 24.1 Å². The topological polar surface area (TPSA) is 151 Å². The van der Waals surface area contributed by atoms with Crippen LogP contribution in [0.1, 0.15) is 134 Å². The van der Waals surface area contributed by atoms with Crippen molar-refractivity contribution >= 4 is 11.8 Å².